The van der Waals surface area contributed by atoms with E-state index in [1.54, 1.807) is 11.3 Å². The molecule has 0 aliphatic heterocycles. The van der Waals surface area contributed by atoms with Gasteiger partial charge in [-0.15, -0.1) is 11.3 Å². The van der Waals surface area contributed by atoms with E-state index >= 15 is 0 Å². The van der Waals surface area contributed by atoms with Gasteiger partial charge < -0.3 is 5.73 Å². The first-order valence-electron chi connectivity index (χ1n) is 7.96. The first-order chi connectivity index (χ1) is 11.1. The zero-order chi connectivity index (χ0) is 16.2. The van der Waals surface area contributed by atoms with Crippen molar-refractivity contribution in [2.24, 2.45) is 0 Å². The van der Waals surface area contributed by atoms with Gasteiger partial charge in [0.05, 0.1) is 10.7 Å². The van der Waals surface area contributed by atoms with E-state index in [0.29, 0.717) is 5.92 Å². The van der Waals surface area contributed by atoms with Crippen LogP contribution < -0.4 is 5.73 Å². The minimum atomic E-state index is 0.579. The smallest absolute Gasteiger partial charge is 0.0972 e. The normalized spacial score (nSPS) is 11.1. The maximum absolute atomic E-state index is 5.73. The van der Waals surface area contributed by atoms with Crippen LogP contribution in [-0.2, 0) is 12.8 Å². The molecule has 0 aliphatic carbocycles. The number of rotatable bonds is 5. The van der Waals surface area contributed by atoms with Crippen LogP contribution in [0.1, 0.15) is 47.2 Å². The fourth-order valence-electron chi connectivity index (χ4n) is 2.55. The van der Waals surface area contributed by atoms with Gasteiger partial charge >= 0.3 is 0 Å². The van der Waals surface area contributed by atoms with Gasteiger partial charge in [0.2, 0.25) is 0 Å². The average Bonchev–Trinajstić information content (AvgIpc) is 2.97. The van der Waals surface area contributed by atoms with Crippen LogP contribution in [0.4, 0.5) is 5.69 Å². The van der Waals surface area contributed by atoms with E-state index in [9.17, 15) is 0 Å². The van der Waals surface area contributed by atoms with Crippen molar-refractivity contribution in [2.45, 2.75) is 32.6 Å². The lowest BCUT2D eigenvalue weighted by Gasteiger charge is -2.06. The Morgan fingerprint density at radius 3 is 2.17 bits per heavy atom. The molecule has 0 saturated carbocycles. The van der Waals surface area contributed by atoms with Gasteiger partial charge in [-0.1, -0.05) is 50.2 Å². The average molecular weight is 322 g/mol. The molecule has 2 aromatic carbocycles. The third-order valence-corrected chi connectivity index (χ3v) is 4.86. The minimum absolute atomic E-state index is 0.579. The standard InChI is InChI=1S/C20H22N2S/c1-14(2)17-7-3-15(4-8-17)11-19-13-23-20(22-19)12-16-5-9-18(21)10-6-16/h3-10,13-14H,11-12,21H2,1-2H3. The molecule has 3 heteroatoms. The van der Waals surface area contributed by atoms with Crippen LogP contribution in [0.15, 0.2) is 53.9 Å². The van der Waals surface area contributed by atoms with Crippen molar-refractivity contribution in [3.8, 4) is 0 Å². The highest BCUT2D eigenvalue weighted by molar-refractivity contribution is 7.09. The number of thiazole rings is 1. The zero-order valence-corrected chi connectivity index (χ0v) is 14.4. The molecule has 1 aromatic heterocycles. The molecule has 0 aliphatic rings. The number of nitrogen functional groups attached to an aromatic ring is 1. The molecule has 2 nitrogen and oxygen atoms in total. The molecule has 1 heterocycles. The van der Waals surface area contributed by atoms with E-state index in [2.05, 4.69) is 55.6 Å². The van der Waals surface area contributed by atoms with Crippen molar-refractivity contribution >= 4 is 17.0 Å². The lowest BCUT2D eigenvalue weighted by molar-refractivity contribution is 0.865. The van der Waals surface area contributed by atoms with Crippen molar-refractivity contribution in [3.05, 3.63) is 81.3 Å². The van der Waals surface area contributed by atoms with Crippen LogP contribution >= 0.6 is 11.3 Å². The molecule has 23 heavy (non-hydrogen) atoms. The summed E-state index contributed by atoms with van der Waals surface area (Å²) in [4.78, 5) is 4.77. The highest BCUT2D eigenvalue weighted by atomic mass is 32.1. The van der Waals surface area contributed by atoms with Crippen molar-refractivity contribution in [1.29, 1.82) is 0 Å². The van der Waals surface area contributed by atoms with Gasteiger partial charge in [0.1, 0.15) is 0 Å². The van der Waals surface area contributed by atoms with Gasteiger partial charge in [-0.05, 0) is 34.7 Å². The number of nitrogens with two attached hydrogens (primary N) is 1. The molecular weight excluding hydrogens is 300 g/mol. The number of hydrogen-bond acceptors (Lipinski definition) is 3. The number of anilines is 1. The second kappa shape index (κ2) is 6.97. The summed E-state index contributed by atoms with van der Waals surface area (Å²) in [6.07, 6.45) is 1.77. The maximum Gasteiger partial charge on any atom is 0.0972 e. The fourth-order valence-corrected chi connectivity index (χ4v) is 3.38. The van der Waals surface area contributed by atoms with Crippen LogP contribution in [0.25, 0.3) is 0 Å². The Bertz CT molecular complexity index is 755. The van der Waals surface area contributed by atoms with Crippen LogP contribution in [-0.4, -0.2) is 4.98 Å². The van der Waals surface area contributed by atoms with Crippen LogP contribution in [0.3, 0.4) is 0 Å². The predicted octanol–water partition coefficient (Wildman–Crippen LogP) is 5.03. The molecule has 0 spiro atoms. The van der Waals surface area contributed by atoms with E-state index in [-0.39, 0.29) is 0 Å². The molecule has 0 radical (unpaired) electrons. The molecule has 2 N–H and O–H groups in total. The molecular formula is C20H22N2S. The highest BCUT2D eigenvalue weighted by Crippen LogP contribution is 2.20. The molecule has 3 rings (SSSR count). The Morgan fingerprint density at radius 1 is 0.913 bits per heavy atom. The molecule has 0 fully saturated rings. The van der Waals surface area contributed by atoms with Crippen molar-refractivity contribution in [1.82, 2.24) is 4.98 Å². The Morgan fingerprint density at radius 2 is 1.52 bits per heavy atom. The quantitative estimate of drug-likeness (QED) is 0.669. The summed E-state index contributed by atoms with van der Waals surface area (Å²) in [6, 6.07) is 16.9. The van der Waals surface area contributed by atoms with Crippen LogP contribution in [0.2, 0.25) is 0 Å². The van der Waals surface area contributed by atoms with E-state index in [4.69, 9.17) is 10.7 Å². The summed E-state index contributed by atoms with van der Waals surface area (Å²) >= 11 is 1.73. The van der Waals surface area contributed by atoms with Crippen molar-refractivity contribution < 1.29 is 0 Å². The molecule has 0 amide bonds. The fraction of sp³-hybridized carbons (Fsp3) is 0.250. The third kappa shape index (κ3) is 4.20. The second-order valence-electron chi connectivity index (χ2n) is 6.22. The number of benzene rings is 2. The summed E-state index contributed by atoms with van der Waals surface area (Å²) in [7, 11) is 0. The van der Waals surface area contributed by atoms with Crippen molar-refractivity contribution in [3.63, 3.8) is 0 Å². The van der Waals surface area contributed by atoms with Gasteiger partial charge in [-0.2, -0.15) is 0 Å². The maximum atomic E-state index is 5.73. The van der Waals surface area contributed by atoms with E-state index in [0.717, 1.165) is 29.2 Å². The van der Waals surface area contributed by atoms with Crippen LogP contribution in [0, 0.1) is 0 Å². The van der Waals surface area contributed by atoms with Crippen LogP contribution in [0.5, 0.6) is 0 Å². The third-order valence-electron chi connectivity index (χ3n) is 3.97. The summed E-state index contributed by atoms with van der Waals surface area (Å²) in [5.41, 5.74) is 11.6. The van der Waals surface area contributed by atoms with Crippen molar-refractivity contribution in [2.75, 3.05) is 5.73 Å². The molecule has 0 unspecified atom stereocenters. The monoisotopic (exact) mass is 322 g/mol. The first kappa shape index (κ1) is 15.8. The lowest BCUT2D eigenvalue weighted by Crippen LogP contribution is -1.93. The Hall–Kier alpha value is -2.13. The molecule has 0 atom stereocenters. The highest BCUT2D eigenvalue weighted by Gasteiger charge is 2.05. The molecule has 0 bridgehead atoms. The molecule has 118 valence electrons. The Kier molecular flexibility index (Phi) is 4.77. The van der Waals surface area contributed by atoms with Gasteiger partial charge in [-0.25, -0.2) is 4.98 Å². The predicted molar refractivity (Wildman–Crippen MR) is 99.1 cm³/mol. The number of hydrogen-bond donors (Lipinski definition) is 1. The second-order valence-corrected chi connectivity index (χ2v) is 7.17. The number of nitrogens with zero attached hydrogens (tertiary/aromatic N) is 1. The van der Waals surface area contributed by atoms with E-state index in [1.165, 1.54) is 16.7 Å². The lowest BCUT2D eigenvalue weighted by atomic mass is 10.0. The minimum Gasteiger partial charge on any atom is -0.399 e. The SMILES string of the molecule is CC(C)c1ccc(Cc2csc(Cc3ccc(N)cc3)n2)cc1. The van der Waals surface area contributed by atoms with Gasteiger partial charge in [0.15, 0.2) is 0 Å². The van der Waals surface area contributed by atoms with Gasteiger partial charge in [-0.3, -0.25) is 0 Å². The molecule has 0 saturated heterocycles. The topological polar surface area (TPSA) is 38.9 Å². The Labute approximate surface area is 142 Å². The summed E-state index contributed by atoms with van der Waals surface area (Å²) < 4.78 is 0. The van der Waals surface area contributed by atoms with E-state index in [1.807, 2.05) is 12.1 Å². The summed E-state index contributed by atoms with van der Waals surface area (Å²) in [6.45, 7) is 4.44. The van der Waals surface area contributed by atoms with Gasteiger partial charge in [0.25, 0.3) is 0 Å². The zero-order valence-electron chi connectivity index (χ0n) is 13.6. The van der Waals surface area contributed by atoms with E-state index < -0.39 is 0 Å². The summed E-state index contributed by atoms with van der Waals surface area (Å²) in [5, 5.41) is 3.33. The van der Waals surface area contributed by atoms with Gasteiger partial charge in [0, 0.05) is 23.9 Å². The number of aromatic nitrogens is 1. The first-order valence-corrected chi connectivity index (χ1v) is 8.84. The largest absolute Gasteiger partial charge is 0.399 e. The Balaban J connectivity index is 1.65. The summed E-state index contributed by atoms with van der Waals surface area (Å²) in [5.74, 6) is 0.579. The molecule has 3 aromatic rings.